The first-order valence-corrected chi connectivity index (χ1v) is 13.3. The van der Waals surface area contributed by atoms with Crippen molar-refractivity contribution in [1.82, 2.24) is 4.98 Å². The average molecular weight is 562 g/mol. The lowest BCUT2D eigenvalue weighted by Gasteiger charge is -2.19. The Bertz CT molecular complexity index is 2150. The van der Waals surface area contributed by atoms with E-state index in [0.29, 0.717) is 22.8 Å². The largest absolute Gasteiger partial charge is 0.385 e. The first-order valence-electron chi connectivity index (χ1n) is 13.3. The number of benzene rings is 2. The molecular formula is C31H27N7O4. The standard InChI is InChI=1S/C31H27N7O4/c1-3-4-14-34-17-8-10-18(11-9-17)35-31-27(16(2)20(15-32)30(33)36-31)38-37-21-7-5-6-19-24(21)29(42)26-23(40)13-12-22(39)25(26)28(19)41/h5-13,34,37-38H,3-4,14H2,1-2H3,(H3,33,35,36). The Morgan fingerprint density at radius 2 is 1.55 bits per heavy atom. The number of aromatic nitrogens is 1. The van der Waals surface area contributed by atoms with Crippen molar-refractivity contribution in [3.05, 3.63) is 117 Å². The molecule has 3 aromatic rings. The lowest BCUT2D eigenvalue weighted by molar-refractivity contribution is 0.834. The van der Waals surface area contributed by atoms with Crippen LogP contribution in [0.2, 0.25) is 0 Å². The Kier molecular flexibility index (Phi) is 7.53. The van der Waals surface area contributed by atoms with Crippen LogP contribution in [-0.4, -0.2) is 11.5 Å². The van der Waals surface area contributed by atoms with Gasteiger partial charge in [-0.15, -0.1) is 0 Å². The van der Waals surface area contributed by atoms with Crippen molar-refractivity contribution in [2.75, 3.05) is 33.8 Å². The summed E-state index contributed by atoms with van der Waals surface area (Å²) >= 11 is 0. The fourth-order valence-corrected chi connectivity index (χ4v) is 4.82. The van der Waals surface area contributed by atoms with Crippen LogP contribution in [0.25, 0.3) is 10.8 Å². The summed E-state index contributed by atoms with van der Waals surface area (Å²) in [5.74, 6) is 0.338. The monoisotopic (exact) mass is 561 g/mol. The molecule has 5 rings (SSSR count). The second kappa shape index (κ2) is 11.4. The van der Waals surface area contributed by atoms with E-state index in [1.54, 1.807) is 19.1 Å². The molecule has 0 spiro atoms. The minimum Gasteiger partial charge on any atom is -0.385 e. The maximum Gasteiger partial charge on any atom is 0.200 e. The molecule has 0 bridgehead atoms. The lowest BCUT2D eigenvalue weighted by Crippen LogP contribution is -2.28. The van der Waals surface area contributed by atoms with Gasteiger partial charge in [-0.05, 0) is 61.4 Å². The van der Waals surface area contributed by atoms with Gasteiger partial charge in [-0.3, -0.25) is 30.0 Å². The van der Waals surface area contributed by atoms with Gasteiger partial charge in [-0.2, -0.15) is 5.26 Å². The topological polar surface area (TPSA) is 179 Å². The fourth-order valence-electron chi connectivity index (χ4n) is 4.82. The molecule has 2 aliphatic carbocycles. The third kappa shape index (κ3) is 4.97. The Morgan fingerprint density at radius 3 is 2.21 bits per heavy atom. The number of hydrazine groups is 1. The van der Waals surface area contributed by atoms with Crippen molar-refractivity contribution >= 4 is 45.2 Å². The molecule has 0 amide bonds. The third-order valence-electron chi connectivity index (χ3n) is 7.04. The second-order valence-electron chi connectivity index (χ2n) is 9.76. The number of fused-ring (bicyclic) bond motifs is 1. The molecule has 0 saturated heterocycles. The van der Waals surface area contributed by atoms with Crippen molar-refractivity contribution in [3.8, 4) is 6.07 Å². The summed E-state index contributed by atoms with van der Waals surface area (Å²) in [5, 5.41) is 15.3. The van der Waals surface area contributed by atoms with Crippen LogP contribution in [-0.2, 0) is 0 Å². The summed E-state index contributed by atoms with van der Waals surface area (Å²) in [6.07, 6.45) is 2.15. The molecule has 42 heavy (non-hydrogen) atoms. The number of hydrogen-bond donors (Lipinski definition) is 5. The molecule has 1 aromatic heterocycles. The number of nitrogens with zero attached hydrogens (tertiary/aromatic N) is 2. The van der Waals surface area contributed by atoms with Crippen LogP contribution in [0.1, 0.15) is 30.9 Å². The first-order chi connectivity index (χ1) is 20.2. The summed E-state index contributed by atoms with van der Waals surface area (Å²) in [7, 11) is 0. The molecule has 11 nitrogen and oxygen atoms in total. The summed E-state index contributed by atoms with van der Waals surface area (Å²) < 4.78 is 0. The molecule has 0 aliphatic heterocycles. The lowest BCUT2D eigenvalue weighted by atomic mass is 10.0. The van der Waals surface area contributed by atoms with E-state index < -0.39 is 32.2 Å². The van der Waals surface area contributed by atoms with Crippen molar-refractivity contribution in [2.45, 2.75) is 26.7 Å². The number of anilines is 6. The molecular weight excluding hydrogens is 534 g/mol. The molecule has 0 unspecified atom stereocenters. The maximum absolute atomic E-state index is 13.4. The number of nitriles is 1. The number of rotatable bonds is 9. The summed E-state index contributed by atoms with van der Waals surface area (Å²) in [6, 6.07) is 16.2. The highest BCUT2D eigenvalue weighted by Gasteiger charge is 2.18. The minimum atomic E-state index is -0.733. The Labute approximate surface area is 239 Å². The number of nitrogens with one attached hydrogen (secondary N) is 4. The van der Waals surface area contributed by atoms with E-state index in [4.69, 9.17) is 5.73 Å². The van der Waals surface area contributed by atoms with E-state index in [0.717, 1.165) is 37.2 Å². The summed E-state index contributed by atoms with van der Waals surface area (Å²) in [6.45, 7) is 4.69. The third-order valence-corrected chi connectivity index (χ3v) is 7.04. The fraction of sp³-hybridized carbons (Fsp3) is 0.161. The second-order valence-corrected chi connectivity index (χ2v) is 9.76. The Morgan fingerprint density at radius 1 is 0.881 bits per heavy atom. The van der Waals surface area contributed by atoms with Gasteiger partial charge in [0.25, 0.3) is 0 Å². The van der Waals surface area contributed by atoms with E-state index in [2.05, 4.69) is 39.5 Å². The molecule has 0 radical (unpaired) electrons. The summed E-state index contributed by atoms with van der Waals surface area (Å²) in [5.41, 5.74) is 12.1. The van der Waals surface area contributed by atoms with Gasteiger partial charge >= 0.3 is 0 Å². The number of pyridine rings is 1. The zero-order chi connectivity index (χ0) is 30.0. The van der Waals surface area contributed by atoms with Gasteiger partial charge in [-0.1, -0.05) is 25.5 Å². The summed E-state index contributed by atoms with van der Waals surface area (Å²) in [4.78, 5) is 55.9. The van der Waals surface area contributed by atoms with Crippen molar-refractivity contribution in [1.29, 1.82) is 5.26 Å². The Balaban J connectivity index is 1.55. The van der Waals surface area contributed by atoms with Gasteiger partial charge in [-0.25, -0.2) is 4.98 Å². The van der Waals surface area contributed by atoms with Crippen LogP contribution in [0.4, 0.5) is 34.4 Å². The van der Waals surface area contributed by atoms with E-state index in [1.165, 1.54) is 6.07 Å². The van der Waals surface area contributed by atoms with E-state index in [-0.39, 0.29) is 27.8 Å². The predicted octanol–water partition coefficient (Wildman–Crippen LogP) is 3.43. The number of hydrogen-bond acceptors (Lipinski definition) is 11. The first kappa shape index (κ1) is 27.8. The van der Waals surface area contributed by atoms with Crippen LogP contribution < -0.4 is 48.9 Å². The van der Waals surface area contributed by atoms with Crippen molar-refractivity contribution in [3.63, 3.8) is 0 Å². The van der Waals surface area contributed by atoms with Crippen LogP contribution >= 0.6 is 0 Å². The minimum absolute atomic E-state index is 0.00199. The molecule has 2 aromatic carbocycles. The number of nitrogens with two attached hydrogens (primary N) is 1. The van der Waals surface area contributed by atoms with E-state index in [9.17, 15) is 24.4 Å². The van der Waals surface area contributed by atoms with Crippen molar-refractivity contribution < 1.29 is 0 Å². The van der Waals surface area contributed by atoms with E-state index in [1.807, 2.05) is 24.3 Å². The quantitative estimate of drug-likeness (QED) is 0.131. The highest BCUT2D eigenvalue weighted by atomic mass is 16.1. The molecule has 210 valence electrons. The number of nitrogen functional groups attached to an aromatic ring is 1. The zero-order valence-corrected chi connectivity index (χ0v) is 22.9. The normalized spacial score (nSPS) is 10.9. The molecule has 0 saturated carbocycles. The van der Waals surface area contributed by atoms with Crippen LogP contribution in [0.3, 0.4) is 0 Å². The zero-order valence-electron chi connectivity index (χ0n) is 22.9. The van der Waals surface area contributed by atoms with Crippen LogP contribution in [0.5, 0.6) is 0 Å². The van der Waals surface area contributed by atoms with Crippen molar-refractivity contribution in [2.24, 2.45) is 0 Å². The maximum atomic E-state index is 13.4. The molecule has 0 atom stereocenters. The van der Waals surface area contributed by atoms with Gasteiger partial charge in [0, 0.05) is 23.3 Å². The molecule has 11 heteroatoms. The van der Waals surface area contributed by atoms with Gasteiger partial charge in [0.2, 0.25) is 5.43 Å². The predicted molar refractivity (Wildman–Crippen MR) is 165 cm³/mol. The van der Waals surface area contributed by atoms with Gasteiger partial charge < -0.3 is 16.4 Å². The SMILES string of the molecule is CCCCNc1ccc(Nc2nc(N)c(C#N)c(C)c2NNc2cccc3c(=O)c4c(=O)ccc(=O)c=4c(=O)c23)cc1. The van der Waals surface area contributed by atoms with E-state index >= 15 is 0 Å². The average Bonchev–Trinajstić information content (AvgIpc) is 2.98. The van der Waals surface area contributed by atoms with Gasteiger partial charge in [0.15, 0.2) is 22.1 Å². The smallest absolute Gasteiger partial charge is 0.200 e. The molecule has 0 fully saturated rings. The van der Waals surface area contributed by atoms with Gasteiger partial charge in [0.1, 0.15) is 17.6 Å². The highest BCUT2D eigenvalue weighted by Crippen LogP contribution is 2.32. The molecule has 2 aliphatic rings. The van der Waals surface area contributed by atoms with Gasteiger partial charge in [0.05, 0.1) is 27.1 Å². The number of unbranched alkanes of at least 4 members (excludes halogenated alkanes) is 1. The highest BCUT2D eigenvalue weighted by molar-refractivity contribution is 5.94. The molecule has 1 heterocycles. The van der Waals surface area contributed by atoms with Crippen LogP contribution in [0, 0.1) is 28.7 Å². The molecule has 6 N–H and O–H groups in total. The Hall–Kier alpha value is -5.76. The van der Waals surface area contributed by atoms with Crippen LogP contribution in [0.15, 0.2) is 73.8 Å².